The van der Waals surface area contributed by atoms with Crippen molar-refractivity contribution in [2.45, 2.75) is 18.2 Å². The maximum atomic E-state index is 12.3. The molecule has 27 heavy (non-hydrogen) atoms. The number of para-hydroxylation sites is 1. The number of thiocarbonyl (C=S) groups is 1. The Morgan fingerprint density at radius 2 is 1.78 bits per heavy atom. The summed E-state index contributed by atoms with van der Waals surface area (Å²) in [5, 5.41) is 3.25. The van der Waals surface area contributed by atoms with Crippen LogP contribution in [-0.4, -0.2) is 37.8 Å². The molecular weight excluding hydrogens is 384 g/mol. The molecule has 0 aromatic heterocycles. The standard InChI is InChI=1S/C18H22N4O3S2/c1-4-13-8-5-6-11-16(13)19-18(26)21-20-17(23)14-9-7-10-15(12-14)27(24,25)22(2)3/h5-12H,4H2,1-3H3,(H,20,23)(H2,19,21,26). The zero-order valence-corrected chi connectivity index (χ0v) is 16.9. The summed E-state index contributed by atoms with van der Waals surface area (Å²) >= 11 is 5.19. The molecule has 2 rings (SSSR count). The summed E-state index contributed by atoms with van der Waals surface area (Å²) in [7, 11) is -0.753. The molecule has 9 heteroatoms. The SMILES string of the molecule is CCc1ccccc1NC(=S)NNC(=O)c1cccc(S(=O)(=O)N(C)C)c1. The lowest BCUT2D eigenvalue weighted by Crippen LogP contribution is -2.43. The van der Waals surface area contributed by atoms with Gasteiger partial charge in [0.2, 0.25) is 10.0 Å². The van der Waals surface area contributed by atoms with Crippen LogP contribution in [0.25, 0.3) is 0 Å². The van der Waals surface area contributed by atoms with E-state index in [0.717, 1.165) is 22.0 Å². The molecule has 0 aliphatic heterocycles. The number of hydrogen-bond donors (Lipinski definition) is 3. The smallest absolute Gasteiger partial charge is 0.269 e. The number of benzene rings is 2. The van der Waals surface area contributed by atoms with Gasteiger partial charge in [0.05, 0.1) is 4.90 Å². The third-order valence-corrected chi connectivity index (χ3v) is 5.83. The second-order valence-electron chi connectivity index (χ2n) is 5.86. The maximum absolute atomic E-state index is 12.3. The Balaban J connectivity index is 2.03. The fourth-order valence-electron chi connectivity index (χ4n) is 2.30. The predicted molar refractivity (Wildman–Crippen MR) is 110 cm³/mol. The molecule has 2 aromatic rings. The molecule has 1 amide bonds. The molecule has 0 radical (unpaired) electrons. The van der Waals surface area contributed by atoms with Gasteiger partial charge in [-0.3, -0.25) is 15.6 Å². The Bertz CT molecular complexity index is 943. The van der Waals surface area contributed by atoms with Crippen LogP contribution in [0, 0.1) is 0 Å². The average molecular weight is 407 g/mol. The lowest BCUT2D eigenvalue weighted by molar-refractivity contribution is 0.0944. The van der Waals surface area contributed by atoms with Crippen molar-refractivity contribution >= 4 is 38.9 Å². The highest BCUT2D eigenvalue weighted by Crippen LogP contribution is 2.16. The van der Waals surface area contributed by atoms with Crippen LogP contribution < -0.4 is 16.2 Å². The Morgan fingerprint density at radius 1 is 1.07 bits per heavy atom. The number of aryl methyl sites for hydroxylation is 1. The first-order chi connectivity index (χ1) is 12.8. The summed E-state index contributed by atoms with van der Waals surface area (Å²) in [5.74, 6) is -0.501. The number of anilines is 1. The summed E-state index contributed by atoms with van der Waals surface area (Å²) in [6.45, 7) is 2.04. The Kier molecular flexibility index (Phi) is 6.89. The van der Waals surface area contributed by atoms with Gasteiger partial charge in [0.1, 0.15) is 0 Å². The van der Waals surface area contributed by atoms with Gasteiger partial charge >= 0.3 is 0 Å². The van der Waals surface area contributed by atoms with Gasteiger partial charge in [-0.05, 0) is 48.5 Å². The van der Waals surface area contributed by atoms with Crippen molar-refractivity contribution < 1.29 is 13.2 Å². The number of rotatable bonds is 5. The van der Waals surface area contributed by atoms with Crippen molar-refractivity contribution in [3.05, 3.63) is 59.7 Å². The van der Waals surface area contributed by atoms with E-state index >= 15 is 0 Å². The maximum Gasteiger partial charge on any atom is 0.269 e. The first-order valence-corrected chi connectivity index (χ1v) is 10.1. The quantitative estimate of drug-likeness (QED) is 0.521. The summed E-state index contributed by atoms with van der Waals surface area (Å²) in [4.78, 5) is 12.3. The number of nitrogens with one attached hydrogen (secondary N) is 3. The Morgan fingerprint density at radius 3 is 2.44 bits per heavy atom. The molecule has 0 unspecified atom stereocenters. The molecule has 0 bridgehead atoms. The molecule has 0 fully saturated rings. The Hall–Kier alpha value is -2.49. The number of carbonyl (C=O) groups excluding carboxylic acids is 1. The van der Waals surface area contributed by atoms with Crippen LogP contribution in [0.4, 0.5) is 5.69 Å². The molecular formula is C18H22N4O3S2. The molecule has 0 aliphatic rings. The Labute approximate surface area is 164 Å². The minimum atomic E-state index is -3.62. The van der Waals surface area contributed by atoms with Crippen molar-refractivity contribution in [1.29, 1.82) is 0 Å². The van der Waals surface area contributed by atoms with Crippen molar-refractivity contribution in [1.82, 2.24) is 15.2 Å². The van der Waals surface area contributed by atoms with Gasteiger partial charge in [0, 0.05) is 25.3 Å². The van der Waals surface area contributed by atoms with Gasteiger partial charge in [-0.1, -0.05) is 31.2 Å². The average Bonchev–Trinajstić information content (AvgIpc) is 2.66. The van der Waals surface area contributed by atoms with E-state index in [4.69, 9.17) is 12.2 Å². The van der Waals surface area contributed by atoms with E-state index in [2.05, 4.69) is 16.2 Å². The number of nitrogens with zero attached hydrogens (tertiary/aromatic N) is 1. The molecule has 0 atom stereocenters. The topological polar surface area (TPSA) is 90.5 Å². The second kappa shape index (κ2) is 8.94. The first kappa shape index (κ1) is 20.8. The van der Waals surface area contributed by atoms with Crippen molar-refractivity contribution in [2.24, 2.45) is 0 Å². The summed E-state index contributed by atoms with van der Waals surface area (Å²) in [6.07, 6.45) is 0.839. The van der Waals surface area contributed by atoms with E-state index in [1.165, 1.54) is 38.4 Å². The second-order valence-corrected chi connectivity index (χ2v) is 8.42. The number of amides is 1. The van der Waals surface area contributed by atoms with Crippen molar-refractivity contribution in [2.75, 3.05) is 19.4 Å². The fourth-order valence-corrected chi connectivity index (χ4v) is 3.41. The monoisotopic (exact) mass is 406 g/mol. The summed E-state index contributed by atoms with van der Waals surface area (Å²) in [6, 6.07) is 13.5. The van der Waals surface area contributed by atoms with E-state index in [-0.39, 0.29) is 15.6 Å². The van der Waals surface area contributed by atoms with Crippen LogP contribution in [0.1, 0.15) is 22.8 Å². The van der Waals surface area contributed by atoms with Crippen LogP contribution in [0.15, 0.2) is 53.4 Å². The predicted octanol–water partition coefficient (Wildman–Crippen LogP) is 2.13. The van der Waals surface area contributed by atoms with Gasteiger partial charge in [0.25, 0.3) is 5.91 Å². The molecule has 0 saturated carbocycles. The van der Waals surface area contributed by atoms with Gasteiger partial charge in [-0.25, -0.2) is 12.7 Å². The number of hydrogen-bond acceptors (Lipinski definition) is 4. The van der Waals surface area contributed by atoms with E-state index in [0.29, 0.717) is 0 Å². The summed E-state index contributed by atoms with van der Waals surface area (Å²) < 4.78 is 25.5. The highest BCUT2D eigenvalue weighted by molar-refractivity contribution is 7.89. The molecule has 0 heterocycles. The number of carbonyl (C=O) groups is 1. The van der Waals surface area contributed by atoms with E-state index < -0.39 is 15.9 Å². The fraction of sp³-hybridized carbons (Fsp3) is 0.222. The molecule has 7 nitrogen and oxygen atoms in total. The van der Waals surface area contributed by atoms with Crippen LogP contribution in [-0.2, 0) is 16.4 Å². The van der Waals surface area contributed by atoms with Crippen LogP contribution in [0.2, 0.25) is 0 Å². The van der Waals surface area contributed by atoms with Gasteiger partial charge < -0.3 is 5.32 Å². The minimum absolute atomic E-state index is 0.0396. The van der Waals surface area contributed by atoms with E-state index in [1.807, 2.05) is 31.2 Å². The van der Waals surface area contributed by atoms with Gasteiger partial charge in [0.15, 0.2) is 5.11 Å². The largest absolute Gasteiger partial charge is 0.331 e. The van der Waals surface area contributed by atoms with Crippen LogP contribution >= 0.6 is 12.2 Å². The number of sulfonamides is 1. The van der Waals surface area contributed by atoms with Gasteiger partial charge in [-0.2, -0.15) is 0 Å². The third kappa shape index (κ3) is 5.25. The molecule has 3 N–H and O–H groups in total. The molecule has 2 aromatic carbocycles. The van der Waals surface area contributed by atoms with Crippen molar-refractivity contribution in [3.8, 4) is 0 Å². The first-order valence-electron chi connectivity index (χ1n) is 8.23. The highest BCUT2D eigenvalue weighted by Gasteiger charge is 2.18. The normalized spacial score (nSPS) is 11.1. The highest BCUT2D eigenvalue weighted by atomic mass is 32.2. The molecule has 144 valence electrons. The zero-order valence-electron chi connectivity index (χ0n) is 15.3. The minimum Gasteiger partial charge on any atom is -0.331 e. The van der Waals surface area contributed by atoms with Crippen LogP contribution in [0.5, 0.6) is 0 Å². The van der Waals surface area contributed by atoms with Crippen molar-refractivity contribution in [3.63, 3.8) is 0 Å². The van der Waals surface area contributed by atoms with E-state index in [1.54, 1.807) is 0 Å². The molecule has 0 spiro atoms. The summed E-state index contributed by atoms with van der Waals surface area (Å²) in [5.41, 5.74) is 7.23. The van der Waals surface area contributed by atoms with Crippen LogP contribution in [0.3, 0.4) is 0 Å². The molecule has 0 aliphatic carbocycles. The third-order valence-electron chi connectivity index (χ3n) is 3.81. The van der Waals surface area contributed by atoms with E-state index in [9.17, 15) is 13.2 Å². The number of hydrazine groups is 1. The lowest BCUT2D eigenvalue weighted by atomic mass is 10.1. The van der Waals surface area contributed by atoms with Gasteiger partial charge in [-0.15, -0.1) is 0 Å². The zero-order chi connectivity index (χ0) is 20.0. The molecule has 0 saturated heterocycles. The lowest BCUT2D eigenvalue weighted by Gasteiger charge is -2.15.